The number of hydrazone groups is 1. The van der Waals surface area contributed by atoms with Gasteiger partial charge < -0.3 is 0 Å². The minimum Gasteiger partial charge on any atom is -0.253 e. The molecule has 0 aliphatic heterocycles. The van der Waals surface area contributed by atoms with Gasteiger partial charge in [-0.3, -0.25) is 5.43 Å². The predicted octanol–water partition coefficient (Wildman–Crippen LogP) is 5.70. The number of nitrogens with one attached hydrogen (secondary N) is 1. The summed E-state index contributed by atoms with van der Waals surface area (Å²) in [6, 6.07) is 11.6. The Kier molecular flexibility index (Phi) is 4.91. The van der Waals surface area contributed by atoms with Crippen molar-refractivity contribution in [2.24, 2.45) is 5.10 Å². The molecule has 0 fully saturated rings. The maximum atomic E-state index is 13.5. The molecule has 1 aromatic heterocycles. The molecule has 0 aliphatic rings. The first kappa shape index (κ1) is 15.9. The van der Waals surface area contributed by atoms with Crippen molar-refractivity contribution >= 4 is 45.9 Å². The Bertz CT molecular complexity index is 864. The summed E-state index contributed by atoms with van der Waals surface area (Å²) in [4.78, 5) is 4.40. The highest BCUT2D eigenvalue weighted by Gasteiger charge is 2.08. The first-order valence-corrected chi connectivity index (χ1v) is 8.21. The number of nitrogens with zero attached hydrogens (tertiary/aromatic N) is 2. The summed E-state index contributed by atoms with van der Waals surface area (Å²) in [6.07, 6.45) is 1.41. The Morgan fingerprint density at radius 3 is 2.78 bits per heavy atom. The van der Waals surface area contributed by atoms with Crippen LogP contribution in [-0.4, -0.2) is 11.2 Å². The van der Waals surface area contributed by atoms with Gasteiger partial charge in [0.1, 0.15) is 5.82 Å². The first-order chi connectivity index (χ1) is 11.1. The number of aromatic nitrogens is 1. The minimum absolute atomic E-state index is 0.328. The number of hydrogen-bond donors (Lipinski definition) is 1. The summed E-state index contributed by atoms with van der Waals surface area (Å²) in [5, 5.41) is 7.54. The number of benzene rings is 2. The van der Waals surface area contributed by atoms with E-state index in [2.05, 4.69) is 15.5 Å². The predicted molar refractivity (Wildman–Crippen MR) is 95.2 cm³/mol. The molecular weight excluding hydrogens is 356 g/mol. The van der Waals surface area contributed by atoms with Crippen LogP contribution in [0, 0.1) is 5.82 Å². The van der Waals surface area contributed by atoms with Crippen LogP contribution in [0.15, 0.2) is 52.9 Å². The fourth-order valence-electron chi connectivity index (χ4n) is 1.88. The van der Waals surface area contributed by atoms with Crippen LogP contribution in [0.5, 0.6) is 0 Å². The van der Waals surface area contributed by atoms with Crippen molar-refractivity contribution in [2.75, 3.05) is 5.43 Å². The molecule has 0 unspecified atom stereocenters. The third kappa shape index (κ3) is 3.88. The lowest BCUT2D eigenvalue weighted by Gasteiger charge is -2.00. The van der Waals surface area contributed by atoms with Crippen molar-refractivity contribution in [1.29, 1.82) is 0 Å². The highest BCUT2D eigenvalue weighted by Crippen LogP contribution is 2.32. The minimum atomic E-state index is -0.328. The zero-order valence-corrected chi connectivity index (χ0v) is 14.0. The van der Waals surface area contributed by atoms with Crippen LogP contribution in [0.25, 0.3) is 11.3 Å². The standard InChI is InChI=1S/C16H10Cl2FN3S/c17-11-5-6-12(13(18)7-11)15-9-23-16(21-15)22-20-8-10-3-1-2-4-14(10)19/h1-9H,(H,21,22)/b20-8-. The molecule has 116 valence electrons. The van der Waals surface area contributed by atoms with Crippen molar-refractivity contribution in [3.63, 3.8) is 0 Å². The highest BCUT2D eigenvalue weighted by atomic mass is 35.5. The monoisotopic (exact) mass is 365 g/mol. The summed E-state index contributed by atoms with van der Waals surface area (Å²) in [5.41, 5.74) is 4.70. The second-order valence-corrected chi connectivity index (χ2v) is 6.26. The molecule has 23 heavy (non-hydrogen) atoms. The molecule has 0 radical (unpaired) electrons. The lowest BCUT2D eigenvalue weighted by molar-refractivity contribution is 0.626. The van der Waals surface area contributed by atoms with Crippen molar-refractivity contribution in [1.82, 2.24) is 4.98 Å². The molecule has 0 aliphatic carbocycles. The normalized spacial score (nSPS) is 11.1. The SMILES string of the molecule is Fc1ccccc1/C=N\Nc1nc(-c2ccc(Cl)cc2Cl)cs1. The number of hydrogen-bond acceptors (Lipinski definition) is 4. The summed E-state index contributed by atoms with van der Waals surface area (Å²) in [5.74, 6) is -0.328. The van der Waals surface area contributed by atoms with E-state index in [9.17, 15) is 4.39 Å². The fraction of sp³-hybridized carbons (Fsp3) is 0. The van der Waals surface area contributed by atoms with Gasteiger partial charge in [-0.15, -0.1) is 11.3 Å². The van der Waals surface area contributed by atoms with E-state index in [-0.39, 0.29) is 5.82 Å². The molecule has 3 rings (SSSR count). The van der Waals surface area contributed by atoms with Gasteiger partial charge in [-0.05, 0) is 24.3 Å². The molecule has 0 bridgehead atoms. The van der Waals surface area contributed by atoms with Crippen LogP contribution in [0.1, 0.15) is 5.56 Å². The summed E-state index contributed by atoms with van der Waals surface area (Å²) < 4.78 is 13.5. The van der Waals surface area contributed by atoms with Crippen LogP contribution in [0.4, 0.5) is 9.52 Å². The lowest BCUT2D eigenvalue weighted by Crippen LogP contribution is -1.92. The molecule has 3 nitrogen and oxygen atoms in total. The van der Waals surface area contributed by atoms with E-state index < -0.39 is 0 Å². The number of thiazole rings is 1. The summed E-state index contributed by atoms with van der Waals surface area (Å²) in [7, 11) is 0. The Morgan fingerprint density at radius 2 is 2.00 bits per heavy atom. The number of rotatable bonds is 4. The van der Waals surface area contributed by atoms with E-state index in [1.165, 1.54) is 23.6 Å². The molecule has 1 N–H and O–H groups in total. The van der Waals surface area contributed by atoms with E-state index in [0.717, 1.165) is 11.3 Å². The van der Waals surface area contributed by atoms with Gasteiger partial charge in [-0.25, -0.2) is 9.37 Å². The smallest absolute Gasteiger partial charge is 0.203 e. The lowest BCUT2D eigenvalue weighted by atomic mass is 10.2. The average Bonchev–Trinajstić information content (AvgIpc) is 2.98. The summed E-state index contributed by atoms with van der Waals surface area (Å²) >= 11 is 13.4. The van der Waals surface area contributed by atoms with Crippen LogP contribution in [0.2, 0.25) is 10.0 Å². The van der Waals surface area contributed by atoms with E-state index in [4.69, 9.17) is 23.2 Å². The maximum absolute atomic E-state index is 13.5. The largest absolute Gasteiger partial charge is 0.253 e. The molecular formula is C16H10Cl2FN3S. The summed E-state index contributed by atoms with van der Waals surface area (Å²) in [6.45, 7) is 0. The molecule has 3 aromatic rings. The molecule has 0 atom stereocenters. The van der Waals surface area contributed by atoms with Gasteiger partial charge in [-0.2, -0.15) is 5.10 Å². The maximum Gasteiger partial charge on any atom is 0.203 e. The number of anilines is 1. The van der Waals surface area contributed by atoms with Crippen LogP contribution in [-0.2, 0) is 0 Å². The van der Waals surface area contributed by atoms with Crippen molar-refractivity contribution in [3.05, 3.63) is 69.3 Å². The van der Waals surface area contributed by atoms with Gasteiger partial charge in [0.05, 0.1) is 16.9 Å². The Labute approximate surface area is 146 Å². The van der Waals surface area contributed by atoms with E-state index in [1.54, 1.807) is 30.3 Å². The topological polar surface area (TPSA) is 37.3 Å². The quantitative estimate of drug-likeness (QED) is 0.475. The molecule has 0 spiro atoms. The highest BCUT2D eigenvalue weighted by molar-refractivity contribution is 7.14. The van der Waals surface area contributed by atoms with E-state index in [1.807, 2.05) is 11.4 Å². The third-order valence-corrected chi connectivity index (χ3v) is 4.28. The zero-order chi connectivity index (χ0) is 16.2. The first-order valence-electron chi connectivity index (χ1n) is 6.58. The van der Waals surface area contributed by atoms with Crippen LogP contribution >= 0.6 is 34.5 Å². The molecule has 7 heteroatoms. The Balaban J connectivity index is 1.74. The van der Waals surface area contributed by atoms with Crippen LogP contribution in [0.3, 0.4) is 0 Å². The molecule has 1 heterocycles. The van der Waals surface area contributed by atoms with Gasteiger partial charge in [0.2, 0.25) is 5.13 Å². The Morgan fingerprint density at radius 1 is 1.17 bits per heavy atom. The van der Waals surface area contributed by atoms with Crippen molar-refractivity contribution in [2.45, 2.75) is 0 Å². The molecule has 0 saturated heterocycles. The van der Waals surface area contributed by atoms with Gasteiger partial charge in [-0.1, -0.05) is 41.4 Å². The number of halogens is 3. The van der Waals surface area contributed by atoms with Gasteiger partial charge in [0.15, 0.2) is 0 Å². The molecule has 2 aromatic carbocycles. The van der Waals surface area contributed by atoms with Gasteiger partial charge >= 0.3 is 0 Å². The van der Waals surface area contributed by atoms with E-state index in [0.29, 0.717) is 20.7 Å². The third-order valence-electron chi connectivity index (χ3n) is 2.98. The van der Waals surface area contributed by atoms with Gasteiger partial charge in [0, 0.05) is 21.5 Å². The second kappa shape index (κ2) is 7.08. The Hall–Kier alpha value is -1.95. The molecule has 0 amide bonds. The average molecular weight is 366 g/mol. The van der Waals surface area contributed by atoms with Crippen molar-refractivity contribution in [3.8, 4) is 11.3 Å². The van der Waals surface area contributed by atoms with Crippen molar-refractivity contribution < 1.29 is 4.39 Å². The van der Waals surface area contributed by atoms with E-state index >= 15 is 0 Å². The molecule has 0 saturated carbocycles. The zero-order valence-electron chi connectivity index (χ0n) is 11.6. The fourth-order valence-corrected chi connectivity index (χ4v) is 3.05. The van der Waals surface area contributed by atoms with Gasteiger partial charge in [0.25, 0.3) is 0 Å². The van der Waals surface area contributed by atoms with Crippen LogP contribution < -0.4 is 5.43 Å². The second-order valence-electron chi connectivity index (χ2n) is 4.55.